The zero-order valence-electron chi connectivity index (χ0n) is 9.67. The molecule has 0 saturated carbocycles. The highest BCUT2D eigenvalue weighted by Crippen LogP contribution is 2.29. The average molecular weight is 278 g/mol. The fourth-order valence-corrected chi connectivity index (χ4v) is 1.71. The van der Waals surface area contributed by atoms with Crippen LogP contribution >= 0.6 is 11.8 Å². The van der Waals surface area contributed by atoms with Gasteiger partial charge in [-0.3, -0.25) is 4.79 Å². The quantitative estimate of drug-likeness (QED) is 0.812. The molecule has 1 amide bonds. The van der Waals surface area contributed by atoms with E-state index in [1.807, 2.05) is 0 Å². The van der Waals surface area contributed by atoms with Gasteiger partial charge in [0.15, 0.2) is 0 Å². The summed E-state index contributed by atoms with van der Waals surface area (Å²) in [4.78, 5) is 10.8. The molecule has 1 rings (SSSR count). The number of rotatable bonds is 5. The largest absolute Gasteiger partial charge is 0.441 e. The monoisotopic (exact) mass is 278 g/mol. The lowest BCUT2D eigenvalue weighted by atomic mass is 10.2. The molecule has 18 heavy (non-hydrogen) atoms. The highest BCUT2D eigenvalue weighted by molar-refractivity contribution is 8.00. The number of carbonyl (C=O) groups excluding carboxylic acids is 1. The summed E-state index contributed by atoms with van der Waals surface area (Å²) in [6.45, 7) is 1.59. The van der Waals surface area contributed by atoms with Gasteiger partial charge in [-0.15, -0.1) is 0 Å². The summed E-state index contributed by atoms with van der Waals surface area (Å²) in [6.07, 6.45) is 0. The van der Waals surface area contributed by atoms with Crippen LogP contribution < -0.4 is 10.6 Å². The molecule has 0 bridgehead atoms. The lowest BCUT2D eigenvalue weighted by molar-refractivity contribution is -0.114. The van der Waals surface area contributed by atoms with Crippen molar-refractivity contribution in [1.29, 1.82) is 0 Å². The maximum Gasteiger partial charge on any atom is 0.441 e. The Morgan fingerprint density at radius 2 is 2.00 bits per heavy atom. The van der Waals surface area contributed by atoms with Crippen LogP contribution in [0.15, 0.2) is 24.3 Å². The third-order valence-corrected chi connectivity index (χ3v) is 2.62. The van der Waals surface area contributed by atoms with E-state index in [9.17, 15) is 18.0 Å². The predicted octanol–water partition coefficient (Wildman–Crippen LogP) is 3.31. The van der Waals surface area contributed by atoms with E-state index in [2.05, 4.69) is 10.6 Å². The van der Waals surface area contributed by atoms with Crippen LogP contribution in [0.2, 0.25) is 0 Å². The maximum atomic E-state index is 11.9. The second-order valence-corrected chi connectivity index (χ2v) is 4.64. The second kappa shape index (κ2) is 6.53. The summed E-state index contributed by atoms with van der Waals surface area (Å²) < 4.78 is 35.6. The van der Waals surface area contributed by atoms with Crippen molar-refractivity contribution in [2.45, 2.75) is 12.4 Å². The molecule has 2 N–H and O–H groups in total. The Kier molecular flexibility index (Phi) is 5.33. The Labute approximate surface area is 107 Å². The van der Waals surface area contributed by atoms with E-state index >= 15 is 0 Å². The lowest BCUT2D eigenvalue weighted by Crippen LogP contribution is -2.10. The van der Waals surface area contributed by atoms with E-state index in [1.165, 1.54) is 6.92 Å². The van der Waals surface area contributed by atoms with Crippen LogP contribution in [-0.2, 0) is 4.79 Å². The topological polar surface area (TPSA) is 41.1 Å². The summed E-state index contributed by atoms with van der Waals surface area (Å²) in [6, 6.07) is 6.81. The average Bonchev–Trinajstić information content (AvgIpc) is 2.23. The minimum Gasteiger partial charge on any atom is -0.384 e. The van der Waals surface area contributed by atoms with Gasteiger partial charge < -0.3 is 10.6 Å². The first-order valence-corrected chi connectivity index (χ1v) is 6.17. The maximum absolute atomic E-state index is 11.9. The number of hydrogen-bond donors (Lipinski definition) is 2. The smallest absolute Gasteiger partial charge is 0.384 e. The Morgan fingerprint density at radius 1 is 1.33 bits per heavy atom. The zero-order valence-corrected chi connectivity index (χ0v) is 10.5. The molecule has 0 aliphatic rings. The predicted molar refractivity (Wildman–Crippen MR) is 67.7 cm³/mol. The molecule has 3 nitrogen and oxygen atoms in total. The number of anilines is 2. The minimum atomic E-state index is -4.19. The fourth-order valence-electron chi connectivity index (χ4n) is 1.27. The normalized spacial score (nSPS) is 11.1. The number of amides is 1. The van der Waals surface area contributed by atoms with Gasteiger partial charge in [-0.25, -0.2) is 0 Å². The highest BCUT2D eigenvalue weighted by atomic mass is 32.2. The van der Waals surface area contributed by atoms with Gasteiger partial charge in [-0.05, 0) is 30.0 Å². The van der Waals surface area contributed by atoms with Crippen LogP contribution in [-0.4, -0.2) is 23.7 Å². The van der Waals surface area contributed by atoms with Crippen molar-refractivity contribution >= 4 is 29.0 Å². The molecular weight excluding hydrogens is 265 g/mol. The van der Waals surface area contributed by atoms with Crippen LogP contribution in [0.4, 0.5) is 24.5 Å². The molecule has 0 heterocycles. The van der Waals surface area contributed by atoms with Crippen molar-refractivity contribution in [3.63, 3.8) is 0 Å². The number of carbonyl (C=O) groups is 1. The van der Waals surface area contributed by atoms with Gasteiger partial charge in [-0.1, -0.05) is 6.07 Å². The van der Waals surface area contributed by atoms with Gasteiger partial charge in [0.1, 0.15) is 0 Å². The molecule has 0 aliphatic carbocycles. The number of hydrogen-bond acceptors (Lipinski definition) is 3. The molecule has 7 heteroatoms. The summed E-state index contributed by atoms with van der Waals surface area (Å²) in [5.41, 5.74) is -2.92. The van der Waals surface area contributed by atoms with Crippen LogP contribution in [0.25, 0.3) is 0 Å². The highest BCUT2D eigenvalue weighted by Gasteiger charge is 2.27. The lowest BCUT2D eigenvalue weighted by Gasteiger charge is -2.09. The third kappa shape index (κ3) is 6.39. The van der Waals surface area contributed by atoms with E-state index in [0.29, 0.717) is 11.4 Å². The molecule has 0 aromatic heterocycles. The Bertz CT molecular complexity index is 410. The minimum absolute atomic E-state index is 0.0616. The second-order valence-electron chi connectivity index (χ2n) is 3.48. The van der Waals surface area contributed by atoms with Crippen molar-refractivity contribution in [2.75, 3.05) is 22.9 Å². The molecule has 0 atom stereocenters. The summed E-state index contributed by atoms with van der Waals surface area (Å²) in [5.74, 6) is -0.256. The zero-order chi connectivity index (χ0) is 13.6. The van der Waals surface area contributed by atoms with Crippen LogP contribution in [0.5, 0.6) is 0 Å². The molecule has 0 aliphatic heterocycles. The first-order valence-electron chi connectivity index (χ1n) is 5.19. The molecule has 0 radical (unpaired) electrons. The third-order valence-electron chi connectivity index (χ3n) is 1.88. The molecular formula is C11H13F3N2OS. The van der Waals surface area contributed by atoms with Crippen LogP contribution in [0.3, 0.4) is 0 Å². The summed E-state index contributed by atoms with van der Waals surface area (Å²) in [7, 11) is 0. The van der Waals surface area contributed by atoms with E-state index in [1.54, 1.807) is 24.3 Å². The number of benzene rings is 1. The van der Waals surface area contributed by atoms with E-state index in [-0.39, 0.29) is 30.0 Å². The molecule has 0 unspecified atom stereocenters. The molecule has 100 valence electrons. The fraction of sp³-hybridized carbons (Fsp3) is 0.364. The van der Waals surface area contributed by atoms with Gasteiger partial charge in [0, 0.05) is 30.6 Å². The van der Waals surface area contributed by atoms with E-state index in [4.69, 9.17) is 0 Å². The first-order chi connectivity index (χ1) is 8.37. The summed E-state index contributed by atoms with van der Waals surface area (Å²) >= 11 is -0.0646. The molecule has 0 fully saturated rings. The van der Waals surface area contributed by atoms with E-state index in [0.717, 1.165) is 0 Å². The van der Waals surface area contributed by atoms with Crippen molar-refractivity contribution in [2.24, 2.45) is 0 Å². The number of thioether (sulfide) groups is 1. The number of nitrogens with one attached hydrogen (secondary N) is 2. The Morgan fingerprint density at radius 3 is 2.61 bits per heavy atom. The van der Waals surface area contributed by atoms with Gasteiger partial charge in [0.2, 0.25) is 5.91 Å². The van der Waals surface area contributed by atoms with Gasteiger partial charge >= 0.3 is 5.51 Å². The van der Waals surface area contributed by atoms with Gasteiger partial charge in [-0.2, -0.15) is 13.2 Å². The van der Waals surface area contributed by atoms with Crippen molar-refractivity contribution in [3.05, 3.63) is 24.3 Å². The van der Waals surface area contributed by atoms with Crippen molar-refractivity contribution in [3.8, 4) is 0 Å². The van der Waals surface area contributed by atoms with Crippen LogP contribution in [0.1, 0.15) is 6.92 Å². The first kappa shape index (κ1) is 14.7. The van der Waals surface area contributed by atoms with Crippen molar-refractivity contribution in [1.82, 2.24) is 0 Å². The van der Waals surface area contributed by atoms with E-state index < -0.39 is 5.51 Å². The standard InChI is InChI=1S/C11H13F3N2OS/c1-8(17)16-10-4-2-3-9(7-10)15-5-6-18-11(12,13)14/h2-4,7,15H,5-6H2,1H3,(H,16,17). The molecule has 0 saturated heterocycles. The van der Waals surface area contributed by atoms with Crippen molar-refractivity contribution < 1.29 is 18.0 Å². The summed E-state index contributed by atoms with van der Waals surface area (Å²) in [5, 5.41) is 5.45. The van der Waals surface area contributed by atoms with Gasteiger partial charge in [0.25, 0.3) is 0 Å². The Hall–Kier alpha value is -1.37. The number of halogens is 3. The van der Waals surface area contributed by atoms with Gasteiger partial charge in [0.05, 0.1) is 0 Å². The number of alkyl halides is 3. The molecule has 1 aromatic carbocycles. The Balaban J connectivity index is 2.40. The SMILES string of the molecule is CC(=O)Nc1cccc(NCCSC(F)(F)F)c1. The molecule has 1 aromatic rings. The molecule has 0 spiro atoms. The van der Waals surface area contributed by atoms with Crippen LogP contribution in [0, 0.1) is 0 Å².